The Morgan fingerprint density at radius 2 is 1.88 bits per heavy atom. The minimum Gasteiger partial charge on any atom is -0.326 e. The van der Waals surface area contributed by atoms with Crippen LogP contribution in [0.25, 0.3) is 0 Å². The van der Waals surface area contributed by atoms with E-state index < -0.39 is 10.0 Å². The summed E-state index contributed by atoms with van der Waals surface area (Å²) in [6, 6.07) is 12.9. The van der Waals surface area contributed by atoms with Crippen LogP contribution in [0.4, 0.5) is 15.8 Å². The molecule has 1 amide bonds. The van der Waals surface area contributed by atoms with Gasteiger partial charge in [-0.3, -0.25) is 9.10 Å². The first kappa shape index (κ1) is 18.4. The van der Waals surface area contributed by atoms with Crippen molar-refractivity contribution in [3.8, 4) is 0 Å². The highest BCUT2D eigenvalue weighted by molar-refractivity contribution is 7.92. The normalized spacial score (nSPS) is 16.3. The Kier molecular flexibility index (Phi) is 5.56. The van der Waals surface area contributed by atoms with Crippen molar-refractivity contribution in [2.45, 2.75) is 25.7 Å². The molecule has 2 aromatic rings. The standard InChI is InChI=1S/C19H21FN2O3S/c20-16-9-6-15(7-10-16)8-11-19(23)21-17-4-3-5-18(14-17)22-12-1-2-13-26(22,24)25/h3-7,9-10,14H,1-2,8,11-13H2,(H,21,23). The van der Waals surface area contributed by atoms with Crippen molar-refractivity contribution in [2.24, 2.45) is 0 Å². The summed E-state index contributed by atoms with van der Waals surface area (Å²) in [6.07, 6.45) is 2.27. The monoisotopic (exact) mass is 376 g/mol. The molecule has 0 aliphatic carbocycles. The van der Waals surface area contributed by atoms with Crippen LogP contribution in [0.1, 0.15) is 24.8 Å². The average Bonchev–Trinajstić information content (AvgIpc) is 2.61. The van der Waals surface area contributed by atoms with E-state index in [9.17, 15) is 17.6 Å². The summed E-state index contributed by atoms with van der Waals surface area (Å²) >= 11 is 0. The smallest absolute Gasteiger partial charge is 0.235 e. The van der Waals surface area contributed by atoms with Gasteiger partial charge in [0.2, 0.25) is 15.9 Å². The summed E-state index contributed by atoms with van der Waals surface area (Å²) in [5, 5.41) is 2.80. The summed E-state index contributed by atoms with van der Waals surface area (Å²) < 4.78 is 38.7. The van der Waals surface area contributed by atoms with Crippen molar-refractivity contribution in [3.63, 3.8) is 0 Å². The highest BCUT2D eigenvalue weighted by atomic mass is 32.2. The molecule has 1 aliphatic rings. The van der Waals surface area contributed by atoms with Crippen molar-refractivity contribution >= 4 is 27.3 Å². The number of rotatable bonds is 5. The van der Waals surface area contributed by atoms with Crippen LogP contribution in [-0.4, -0.2) is 26.6 Å². The van der Waals surface area contributed by atoms with Gasteiger partial charge in [-0.1, -0.05) is 18.2 Å². The fourth-order valence-corrected chi connectivity index (χ4v) is 4.58. The Morgan fingerprint density at radius 1 is 1.12 bits per heavy atom. The first-order valence-corrected chi connectivity index (χ1v) is 10.2. The van der Waals surface area contributed by atoms with E-state index in [1.54, 1.807) is 36.4 Å². The molecule has 0 bridgehead atoms. The number of amides is 1. The van der Waals surface area contributed by atoms with E-state index >= 15 is 0 Å². The van der Waals surface area contributed by atoms with E-state index in [1.165, 1.54) is 16.4 Å². The fraction of sp³-hybridized carbons (Fsp3) is 0.316. The lowest BCUT2D eigenvalue weighted by Gasteiger charge is -2.28. The molecule has 1 heterocycles. The largest absolute Gasteiger partial charge is 0.326 e. The quantitative estimate of drug-likeness (QED) is 0.870. The number of nitrogens with one attached hydrogen (secondary N) is 1. The van der Waals surface area contributed by atoms with Gasteiger partial charge in [-0.25, -0.2) is 12.8 Å². The zero-order chi connectivity index (χ0) is 18.6. The third-order valence-electron chi connectivity index (χ3n) is 4.32. The molecule has 0 aromatic heterocycles. The van der Waals surface area contributed by atoms with Crippen LogP contribution in [0.3, 0.4) is 0 Å². The second-order valence-electron chi connectivity index (χ2n) is 6.32. The Balaban J connectivity index is 1.63. The van der Waals surface area contributed by atoms with E-state index in [4.69, 9.17) is 0 Å². The third-order valence-corrected chi connectivity index (χ3v) is 6.19. The molecule has 1 N–H and O–H groups in total. The lowest BCUT2D eigenvalue weighted by Crippen LogP contribution is -2.37. The van der Waals surface area contributed by atoms with Gasteiger partial charge in [-0.15, -0.1) is 0 Å². The first-order chi connectivity index (χ1) is 12.4. The topological polar surface area (TPSA) is 66.5 Å². The number of sulfonamides is 1. The van der Waals surface area contributed by atoms with Gasteiger partial charge in [0.1, 0.15) is 5.82 Å². The molecule has 2 aromatic carbocycles. The number of hydrogen-bond donors (Lipinski definition) is 1. The molecular weight excluding hydrogens is 355 g/mol. The third kappa shape index (κ3) is 4.60. The highest BCUT2D eigenvalue weighted by Crippen LogP contribution is 2.26. The SMILES string of the molecule is O=C(CCc1ccc(F)cc1)Nc1cccc(N2CCCCS2(=O)=O)c1. The van der Waals surface area contributed by atoms with Crippen LogP contribution in [0.15, 0.2) is 48.5 Å². The lowest BCUT2D eigenvalue weighted by molar-refractivity contribution is -0.116. The van der Waals surface area contributed by atoms with Crippen molar-refractivity contribution < 1.29 is 17.6 Å². The summed E-state index contributed by atoms with van der Waals surface area (Å²) in [7, 11) is -3.28. The summed E-state index contributed by atoms with van der Waals surface area (Å²) in [6.45, 7) is 0.463. The number of halogens is 1. The summed E-state index contributed by atoms with van der Waals surface area (Å²) in [4.78, 5) is 12.2. The molecule has 138 valence electrons. The van der Waals surface area contributed by atoms with E-state index in [2.05, 4.69) is 5.32 Å². The highest BCUT2D eigenvalue weighted by Gasteiger charge is 2.26. The molecule has 1 aliphatic heterocycles. The molecule has 0 spiro atoms. The molecule has 5 nitrogen and oxygen atoms in total. The Hall–Kier alpha value is -2.41. The number of hydrogen-bond acceptors (Lipinski definition) is 3. The van der Waals surface area contributed by atoms with Gasteiger partial charge < -0.3 is 5.32 Å². The first-order valence-electron chi connectivity index (χ1n) is 8.59. The number of benzene rings is 2. The van der Waals surface area contributed by atoms with Crippen molar-refractivity contribution in [1.82, 2.24) is 0 Å². The number of aryl methyl sites for hydroxylation is 1. The number of anilines is 2. The molecule has 0 saturated carbocycles. The van der Waals surface area contributed by atoms with Gasteiger partial charge in [0.05, 0.1) is 11.4 Å². The molecule has 0 radical (unpaired) electrons. The zero-order valence-corrected chi connectivity index (χ0v) is 15.1. The van der Waals surface area contributed by atoms with Gasteiger partial charge in [0.15, 0.2) is 0 Å². The summed E-state index contributed by atoms with van der Waals surface area (Å²) in [5.74, 6) is -0.322. The zero-order valence-electron chi connectivity index (χ0n) is 14.3. The van der Waals surface area contributed by atoms with E-state index in [-0.39, 0.29) is 23.9 Å². The van der Waals surface area contributed by atoms with Crippen molar-refractivity contribution in [2.75, 3.05) is 21.9 Å². The number of carbonyl (C=O) groups excluding carboxylic acids is 1. The minimum absolute atomic E-state index is 0.154. The van der Waals surface area contributed by atoms with E-state index in [0.717, 1.165) is 12.0 Å². The predicted molar refractivity (Wildman–Crippen MR) is 100 cm³/mol. The van der Waals surface area contributed by atoms with E-state index in [1.807, 2.05) is 0 Å². The molecular formula is C19H21FN2O3S. The second-order valence-corrected chi connectivity index (χ2v) is 8.33. The van der Waals surface area contributed by atoms with Gasteiger partial charge >= 0.3 is 0 Å². The lowest BCUT2D eigenvalue weighted by atomic mass is 10.1. The minimum atomic E-state index is -3.28. The van der Waals surface area contributed by atoms with E-state index in [0.29, 0.717) is 30.8 Å². The number of carbonyl (C=O) groups is 1. The molecule has 0 unspecified atom stereocenters. The maximum atomic E-state index is 12.9. The van der Waals surface area contributed by atoms with Gasteiger partial charge in [0, 0.05) is 18.7 Å². The van der Waals surface area contributed by atoms with Gasteiger partial charge in [0.25, 0.3) is 0 Å². The maximum Gasteiger partial charge on any atom is 0.235 e. The predicted octanol–water partition coefficient (Wildman–Crippen LogP) is 3.33. The number of nitrogens with zero attached hydrogens (tertiary/aromatic N) is 1. The molecule has 1 fully saturated rings. The van der Waals surface area contributed by atoms with Crippen LogP contribution >= 0.6 is 0 Å². The summed E-state index contributed by atoms with van der Waals surface area (Å²) in [5.41, 5.74) is 2.02. The van der Waals surface area contributed by atoms with Crippen LogP contribution in [0, 0.1) is 5.82 Å². The molecule has 3 rings (SSSR count). The molecule has 7 heteroatoms. The van der Waals surface area contributed by atoms with Gasteiger partial charge in [-0.05, 0) is 55.2 Å². The average molecular weight is 376 g/mol. The Morgan fingerprint density at radius 3 is 2.62 bits per heavy atom. The van der Waals surface area contributed by atoms with Crippen molar-refractivity contribution in [3.05, 3.63) is 59.9 Å². The van der Waals surface area contributed by atoms with Crippen molar-refractivity contribution in [1.29, 1.82) is 0 Å². The maximum absolute atomic E-state index is 12.9. The Bertz CT molecular complexity index is 882. The molecule has 1 saturated heterocycles. The molecule has 26 heavy (non-hydrogen) atoms. The van der Waals surface area contributed by atoms with Gasteiger partial charge in [-0.2, -0.15) is 0 Å². The Labute approximate surface area is 152 Å². The molecule has 0 atom stereocenters. The van der Waals surface area contributed by atoms with Crippen LogP contribution in [0.5, 0.6) is 0 Å². The fourth-order valence-electron chi connectivity index (χ4n) is 2.95. The van der Waals surface area contributed by atoms with Crippen LogP contribution in [0.2, 0.25) is 0 Å². The van der Waals surface area contributed by atoms with Crippen LogP contribution < -0.4 is 9.62 Å². The van der Waals surface area contributed by atoms with Crippen LogP contribution in [-0.2, 0) is 21.2 Å². The second kappa shape index (κ2) is 7.86.